The van der Waals surface area contributed by atoms with E-state index in [0.29, 0.717) is 0 Å². The van der Waals surface area contributed by atoms with Gasteiger partial charge in [-0.1, -0.05) is 121 Å². The van der Waals surface area contributed by atoms with E-state index >= 15 is 0 Å². The van der Waals surface area contributed by atoms with Crippen LogP contribution in [0.25, 0.3) is 77.2 Å². The first-order chi connectivity index (χ1) is 20.8. The van der Waals surface area contributed by atoms with Crippen molar-refractivity contribution in [2.24, 2.45) is 0 Å². The Morgan fingerprint density at radius 2 is 1.02 bits per heavy atom. The molecule has 2 heterocycles. The van der Waals surface area contributed by atoms with Gasteiger partial charge in [-0.15, -0.1) is 0 Å². The zero-order chi connectivity index (χ0) is 27.6. The minimum atomic E-state index is 0.924. The van der Waals surface area contributed by atoms with Crippen LogP contribution in [-0.4, -0.2) is 0 Å². The summed E-state index contributed by atoms with van der Waals surface area (Å²) in [5, 5.41) is 4.98. The first-order valence-electron chi connectivity index (χ1n) is 14.3. The Bertz CT molecular complexity index is 2320. The molecule has 0 saturated heterocycles. The van der Waals surface area contributed by atoms with Crippen molar-refractivity contribution in [3.63, 3.8) is 0 Å². The van der Waals surface area contributed by atoms with Gasteiger partial charge < -0.3 is 4.42 Å². The van der Waals surface area contributed by atoms with Crippen LogP contribution in [0.15, 0.2) is 160 Å². The summed E-state index contributed by atoms with van der Waals surface area (Å²) in [6.07, 6.45) is 0. The van der Waals surface area contributed by atoms with Crippen molar-refractivity contribution >= 4 is 44.5 Å². The number of hydrogen-bond acceptors (Lipinski definition) is 2. The van der Waals surface area contributed by atoms with Crippen LogP contribution in [0.5, 0.6) is 0 Å². The summed E-state index contributed by atoms with van der Waals surface area (Å²) in [7, 11) is 0. The smallest absolute Gasteiger partial charge is 0.136 e. The van der Waals surface area contributed by atoms with Crippen molar-refractivity contribution in [1.82, 2.24) is 0 Å². The average Bonchev–Trinajstić information content (AvgIpc) is 3.43. The molecule has 0 spiro atoms. The lowest BCUT2D eigenvalue weighted by Gasteiger charge is -2.21. The molecule has 0 aliphatic carbocycles. The van der Waals surface area contributed by atoms with E-state index in [0.717, 1.165) is 27.5 Å². The van der Waals surface area contributed by atoms with Crippen LogP contribution in [0.2, 0.25) is 0 Å². The summed E-state index contributed by atoms with van der Waals surface area (Å²) in [4.78, 5) is 2.66. The molecule has 0 atom stereocenters. The average molecular weight is 553 g/mol. The molecule has 0 unspecified atom stereocenters. The van der Waals surface area contributed by atoms with E-state index in [1.54, 1.807) is 0 Å². The second-order valence-corrected chi connectivity index (χ2v) is 12.0. The molecule has 1 aliphatic rings. The molecule has 1 aliphatic heterocycles. The van der Waals surface area contributed by atoms with Crippen LogP contribution < -0.4 is 0 Å². The quantitative estimate of drug-likeness (QED) is 0.216. The largest absolute Gasteiger partial charge is 0.456 e. The van der Waals surface area contributed by atoms with E-state index in [-0.39, 0.29) is 0 Å². The number of fused-ring (bicyclic) bond motifs is 5. The van der Waals surface area contributed by atoms with E-state index in [9.17, 15) is 0 Å². The van der Waals surface area contributed by atoms with Crippen LogP contribution in [0.1, 0.15) is 0 Å². The minimum Gasteiger partial charge on any atom is -0.456 e. The topological polar surface area (TPSA) is 13.1 Å². The van der Waals surface area contributed by atoms with Crippen molar-refractivity contribution in [2.45, 2.75) is 9.79 Å². The van der Waals surface area contributed by atoms with Crippen molar-refractivity contribution in [1.29, 1.82) is 0 Å². The fourth-order valence-electron chi connectivity index (χ4n) is 6.46. The molecule has 0 amide bonds. The zero-order valence-electron chi connectivity index (χ0n) is 22.7. The Balaban J connectivity index is 1.09. The first kappa shape index (κ1) is 23.6. The highest BCUT2D eigenvalue weighted by atomic mass is 32.2. The molecule has 0 bridgehead atoms. The molecular weight excluding hydrogens is 529 g/mol. The van der Waals surface area contributed by atoms with Gasteiger partial charge in [0.1, 0.15) is 11.2 Å². The summed E-state index contributed by atoms with van der Waals surface area (Å²) in [6.45, 7) is 0. The van der Waals surface area contributed by atoms with Gasteiger partial charge in [0.25, 0.3) is 0 Å². The molecule has 0 fully saturated rings. The van der Waals surface area contributed by atoms with Gasteiger partial charge in [-0.3, -0.25) is 0 Å². The van der Waals surface area contributed by atoms with Gasteiger partial charge in [0, 0.05) is 25.9 Å². The number of furan rings is 1. The Labute approximate surface area is 248 Å². The van der Waals surface area contributed by atoms with Crippen LogP contribution in [0.3, 0.4) is 0 Å². The van der Waals surface area contributed by atoms with Gasteiger partial charge in [0.15, 0.2) is 0 Å². The van der Waals surface area contributed by atoms with E-state index in [4.69, 9.17) is 4.42 Å². The number of hydrogen-bond donors (Lipinski definition) is 0. The van der Waals surface area contributed by atoms with E-state index in [1.165, 1.54) is 59.5 Å². The summed E-state index contributed by atoms with van der Waals surface area (Å²) in [5.41, 5.74) is 11.8. The van der Waals surface area contributed by atoms with Crippen LogP contribution in [0.4, 0.5) is 0 Å². The molecule has 1 aromatic heterocycles. The van der Waals surface area contributed by atoms with E-state index in [1.807, 2.05) is 23.9 Å². The second kappa shape index (κ2) is 9.24. The highest BCUT2D eigenvalue weighted by molar-refractivity contribution is 7.99. The molecule has 7 aromatic carbocycles. The third kappa shape index (κ3) is 3.66. The van der Waals surface area contributed by atoms with Crippen molar-refractivity contribution in [2.75, 3.05) is 0 Å². The lowest BCUT2D eigenvalue weighted by molar-refractivity contribution is 0.669. The molecule has 0 N–H and O–H groups in total. The highest BCUT2D eigenvalue weighted by Gasteiger charge is 2.20. The van der Waals surface area contributed by atoms with Crippen molar-refractivity contribution < 1.29 is 4.42 Å². The number of rotatable bonds is 3. The predicted molar refractivity (Wildman–Crippen MR) is 177 cm³/mol. The van der Waals surface area contributed by atoms with Gasteiger partial charge in [-0.05, 0) is 86.3 Å². The predicted octanol–water partition coefficient (Wildman–Crippen LogP) is 11.9. The molecule has 1 nitrogen and oxygen atoms in total. The molecule has 8 aromatic rings. The van der Waals surface area contributed by atoms with Crippen molar-refractivity contribution in [3.05, 3.63) is 146 Å². The minimum absolute atomic E-state index is 0.924. The summed E-state index contributed by atoms with van der Waals surface area (Å²) in [6, 6.07) is 52.6. The van der Waals surface area contributed by atoms with E-state index in [2.05, 4.69) is 133 Å². The Kier molecular flexibility index (Phi) is 5.20. The SMILES string of the molecule is c1cc(-c2ccc(-c3ccc4c(c3)oc3ccccc34)cc2)cc(-c2ccc3c4c(cccc24)-c2ccccc2S3)c1. The third-order valence-corrected chi connectivity index (χ3v) is 9.64. The molecule has 0 saturated carbocycles. The normalized spacial score (nSPS) is 12.2. The number of benzene rings is 7. The van der Waals surface area contributed by atoms with E-state index < -0.39 is 0 Å². The highest BCUT2D eigenvalue weighted by Crippen LogP contribution is 2.49. The summed E-state index contributed by atoms with van der Waals surface area (Å²) < 4.78 is 6.13. The van der Waals surface area contributed by atoms with Crippen molar-refractivity contribution in [3.8, 4) is 44.5 Å². The molecule has 2 heteroatoms. The Morgan fingerprint density at radius 3 is 1.93 bits per heavy atom. The Hall–Kier alpha value is -5.05. The van der Waals surface area contributed by atoms with Gasteiger partial charge in [-0.25, -0.2) is 0 Å². The zero-order valence-corrected chi connectivity index (χ0v) is 23.5. The standard InChI is InChI=1S/C40H24OS/c1-3-13-36-31(9-1)32-20-19-28(24-37(32)41-36)26-17-15-25(16-18-26)27-7-5-8-29(23-27)30-21-22-39-40-34(30)11-6-12-35(40)33-10-2-4-14-38(33)42-39/h1-24H. The van der Waals surface area contributed by atoms with Crippen LogP contribution in [0, 0.1) is 0 Å². The molecule has 9 rings (SSSR count). The fourth-order valence-corrected chi connectivity index (χ4v) is 7.59. The summed E-state index contributed by atoms with van der Waals surface area (Å²) >= 11 is 1.87. The summed E-state index contributed by atoms with van der Waals surface area (Å²) in [5.74, 6) is 0. The maximum absolute atomic E-state index is 6.13. The maximum Gasteiger partial charge on any atom is 0.136 e. The monoisotopic (exact) mass is 552 g/mol. The second-order valence-electron chi connectivity index (χ2n) is 10.9. The van der Waals surface area contributed by atoms with Gasteiger partial charge in [-0.2, -0.15) is 0 Å². The molecule has 42 heavy (non-hydrogen) atoms. The number of para-hydroxylation sites is 1. The van der Waals surface area contributed by atoms with Gasteiger partial charge >= 0.3 is 0 Å². The van der Waals surface area contributed by atoms with Gasteiger partial charge in [0.2, 0.25) is 0 Å². The first-order valence-corrected chi connectivity index (χ1v) is 15.1. The maximum atomic E-state index is 6.13. The van der Waals surface area contributed by atoms with Crippen LogP contribution in [-0.2, 0) is 0 Å². The molecular formula is C40H24OS. The van der Waals surface area contributed by atoms with Gasteiger partial charge in [0.05, 0.1) is 0 Å². The lowest BCUT2D eigenvalue weighted by atomic mass is 9.91. The molecule has 0 radical (unpaired) electrons. The third-order valence-electron chi connectivity index (χ3n) is 8.50. The fraction of sp³-hybridized carbons (Fsp3) is 0. The van der Waals surface area contributed by atoms with Crippen LogP contribution >= 0.6 is 11.8 Å². The lowest BCUT2D eigenvalue weighted by Crippen LogP contribution is -1.94. The Morgan fingerprint density at radius 1 is 0.357 bits per heavy atom. The molecule has 196 valence electrons.